The molecule has 4 nitrogen and oxygen atoms in total. The highest BCUT2D eigenvalue weighted by atomic mass is 79.9. The van der Waals surface area contributed by atoms with E-state index in [0.29, 0.717) is 28.0 Å². The first kappa shape index (κ1) is 11.9. The number of hydrogen-bond acceptors (Lipinski definition) is 3. The number of anilines is 1. The second-order valence-corrected chi connectivity index (χ2v) is 5.33. The Morgan fingerprint density at radius 2 is 2.39 bits per heavy atom. The van der Waals surface area contributed by atoms with E-state index in [2.05, 4.69) is 20.9 Å². The third kappa shape index (κ3) is 1.99. The van der Waals surface area contributed by atoms with Gasteiger partial charge in [-0.15, -0.1) is 0 Å². The molecule has 96 valence electrons. The fourth-order valence-electron chi connectivity index (χ4n) is 2.32. The van der Waals surface area contributed by atoms with E-state index >= 15 is 0 Å². The van der Waals surface area contributed by atoms with Gasteiger partial charge in [0.05, 0.1) is 28.2 Å². The van der Waals surface area contributed by atoms with Crippen molar-refractivity contribution in [3.63, 3.8) is 0 Å². The number of rotatable bonds is 2. The maximum atomic E-state index is 13.6. The molecule has 1 aliphatic rings. The van der Waals surface area contributed by atoms with Crippen LogP contribution in [0.25, 0.3) is 11.0 Å². The number of nitrogens with zero attached hydrogens (tertiary/aromatic N) is 2. The van der Waals surface area contributed by atoms with E-state index in [1.165, 1.54) is 6.07 Å². The lowest BCUT2D eigenvalue weighted by Gasteiger charge is -2.12. The first-order valence-corrected chi connectivity index (χ1v) is 6.67. The Morgan fingerprint density at radius 3 is 3.11 bits per heavy atom. The van der Waals surface area contributed by atoms with Crippen molar-refractivity contribution in [2.24, 2.45) is 0 Å². The third-order valence-electron chi connectivity index (χ3n) is 3.23. The number of aromatic nitrogens is 2. The molecule has 1 saturated heterocycles. The molecule has 1 unspecified atom stereocenters. The van der Waals surface area contributed by atoms with E-state index in [1.54, 1.807) is 6.07 Å². The molecule has 1 aliphatic heterocycles. The lowest BCUT2D eigenvalue weighted by molar-refractivity contribution is 0.0983. The predicted octanol–water partition coefficient (Wildman–Crippen LogP) is 2.70. The van der Waals surface area contributed by atoms with Gasteiger partial charge in [0.25, 0.3) is 0 Å². The van der Waals surface area contributed by atoms with Gasteiger partial charge in [0.15, 0.2) is 0 Å². The summed E-state index contributed by atoms with van der Waals surface area (Å²) in [6.07, 6.45) is 2.23. The average molecular weight is 314 g/mol. The van der Waals surface area contributed by atoms with Crippen LogP contribution >= 0.6 is 15.9 Å². The molecule has 0 radical (unpaired) electrons. The van der Waals surface area contributed by atoms with Gasteiger partial charge >= 0.3 is 0 Å². The Bertz CT molecular complexity index is 593. The quantitative estimate of drug-likeness (QED) is 0.927. The second kappa shape index (κ2) is 4.51. The molecule has 0 aliphatic carbocycles. The van der Waals surface area contributed by atoms with E-state index in [4.69, 9.17) is 10.5 Å². The van der Waals surface area contributed by atoms with Gasteiger partial charge in [-0.1, -0.05) is 0 Å². The largest absolute Gasteiger partial charge is 0.376 e. The molecule has 0 bridgehead atoms. The summed E-state index contributed by atoms with van der Waals surface area (Å²) in [7, 11) is 0. The summed E-state index contributed by atoms with van der Waals surface area (Å²) < 4.78 is 21.4. The summed E-state index contributed by atoms with van der Waals surface area (Å²) in [4.78, 5) is 4.25. The SMILES string of the molecule is Nc1nc2cc(Br)c(F)cc2n1CC1CCCO1. The molecule has 1 aromatic heterocycles. The molecule has 2 aromatic rings. The Balaban J connectivity index is 2.04. The lowest BCUT2D eigenvalue weighted by Crippen LogP contribution is -2.16. The molecule has 0 spiro atoms. The third-order valence-corrected chi connectivity index (χ3v) is 3.84. The fourth-order valence-corrected chi connectivity index (χ4v) is 2.65. The fraction of sp³-hybridized carbons (Fsp3) is 0.417. The minimum Gasteiger partial charge on any atom is -0.376 e. The zero-order valence-corrected chi connectivity index (χ0v) is 11.3. The minimum atomic E-state index is -0.309. The van der Waals surface area contributed by atoms with Crippen molar-refractivity contribution >= 4 is 32.9 Å². The van der Waals surface area contributed by atoms with Gasteiger partial charge in [-0.25, -0.2) is 9.37 Å². The van der Waals surface area contributed by atoms with Gasteiger partial charge in [0.2, 0.25) is 5.95 Å². The molecule has 2 N–H and O–H groups in total. The summed E-state index contributed by atoms with van der Waals surface area (Å²) in [6.45, 7) is 1.42. The van der Waals surface area contributed by atoms with Crippen molar-refractivity contribution in [3.05, 3.63) is 22.4 Å². The minimum absolute atomic E-state index is 0.149. The maximum Gasteiger partial charge on any atom is 0.201 e. The molecule has 2 heterocycles. The molecule has 18 heavy (non-hydrogen) atoms. The molecular weight excluding hydrogens is 301 g/mol. The van der Waals surface area contributed by atoms with Crippen molar-refractivity contribution < 1.29 is 9.13 Å². The highest BCUT2D eigenvalue weighted by molar-refractivity contribution is 9.10. The first-order valence-electron chi connectivity index (χ1n) is 5.87. The van der Waals surface area contributed by atoms with E-state index in [1.807, 2.05) is 4.57 Å². The van der Waals surface area contributed by atoms with Crippen LogP contribution in [-0.4, -0.2) is 22.3 Å². The number of nitrogens with two attached hydrogens (primary N) is 1. The summed E-state index contributed by atoms with van der Waals surface area (Å²) in [5.74, 6) is 0.0917. The monoisotopic (exact) mass is 313 g/mol. The van der Waals surface area contributed by atoms with E-state index in [-0.39, 0.29) is 11.9 Å². The van der Waals surface area contributed by atoms with Crippen molar-refractivity contribution in [2.45, 2.75) is 25.5 Å². The molecule has 1 fully saturated rings. The summed E-state index contributed by atoms with van der Waals surface area (Å²) in [5, 5.41) is 0. The Hall–Kier alpha value is -1.14. The number of imidazole rings is 1. The number of benzene rings is 1. The second-order valence-electron chi connectivity index (χ2n) is 4.47. The van der Waals surface area contributed by atoms with Crippen LogP contribution in [0, 0.1) is 5.82 Å². The zero-order chi connectivity index (χ0) is 12.7. The smallest absolute Gasteiger partial charge is 0.201 e. The normalized spacial score (nSPS) is 19.8. The summed E-state index contributed by atoms with van der Waals surface area (Å²) in [5.41, 5.74) is 7.30. The number of nitrogen functional groups attached to an aromatic ring is 1. The predicted molar refractivity (Wildman–Crippen MR) is 70.8 cm³/mol. The summed E-state index contributed by atoms with van der Waals surface area (Å²) in [6, 6.07) is 3.10. The van der Waals surface area contributed by atoms with Crippen LogP contribution in [0.4, 0.5) is 10.3 Å². The Morgan fingerprint density at radius 1 is 1.56 bits per heavy atom. The number of hydrogen-bond donors (Lipinski definition) is 1. The Kier molecular flexibility index (Phi) is 2.99. The number of ether oxygens (including phenoxy) is 1. The topological polar surface area (TPSA) is 53.1 Å². The van der Waals surface area contributed by atoms with E-state index in [9.17, 15) is 4.39 Å². The first-order chi connectivity index (χ1) is 8.65. The van der Waals surface area contributed by atoms with Gasteiger partial charge in [-0.05, 0) is 34.8 Å². The molecule has 0 saturated carbocycles. The van der Waals surface area contributed by atoms with Crippen LogP contribution in [0.3, 0.4) is 0 Å². The van der Waals surface area contributed by atoms with Crippen molar-refractivity contribution in [1.82, 2.24) is 9.55 Å². The van der Waals surface area contributed by atoms with E-state index in [0.717, 1.165) is 19.4 Å². The van der Waals surface area contributed by atoms with Gasteiger partial charge in [0, 0.05) is 12.7 Å². The van der Waals surface area contributed by atoms with Gasteiger partial charge in [0.1, 0.15) is 5.82 Å². The number of fused-ring (bicyclic) bond motifs is 1. The van der Waals surface area contributed by atoms with Crippen LogP contribution in [0.2, 0.25) is 0 Å². The van der Waals surface area contributed by atoms with Gasteiger partial charge in [-0.2, -0.15) is 0 Å². The highest BCUT2D eigenvalue weighted by Crippen LogP contribution is 2.26. The van der Waals surface area contributed by atoms with Crippen LogP contribution in [0.1, 0.15) is 12.8 Å². The molecule has 1 aromatic carbocycles. The van der Waals surface area contributed by atoms with Crippen molar-refractivity contribution in [1.29, 1.82) is 0 Å². The molecule has 1 atom stereocenters. The molecule has 0 amide bonds. The van der Waals surface area contributed by atoms with Crippen LogP contribution in [0.15, 0.2) is 16.6 Å². The van der Waals surface area contributed by atoms with Crippen LogP contribution < -0.4 is 5.73 Å². The van der Waals surface area contributed by atoms with E-state index < -0.39 is 0 Å². The van der Waals surface area contributed by atoms with Crippen LogP contribution in [0.5, 0.6) is 0 Å². The molecule has 3 rings (SSSR count). The molecular formula is C12H13BrFN3O. The molecule has 6 heteroatoms. The Labute approximate surface area is 112 Å². The average Bonchev–Trinajstić information content (AvgIpc) is 2.92. The van der Waals surface area contributed by atoms with Gasteiger partial charge in [-0.3, -0.25) is 0 Å². The summed E-state index contributed by atoms with van der Waals surface area (Å²) >= 11 is 3.15. The standard InChI is InChI=1S/C12H13BrFN3O/c13-8-4-10-11(5-9(8)14)17(12(15)16-10)6-7-2-1-3-18-7/h4-5,7H,1-3,6H2,(H2,15,16). The lowest BCUT2D eigenvalue weighted by atomic mass is 10.2. The number of halogens is 2. The highest BCUT2D eigenvalue weighted by Gasteiger charge is 2.19. The van der Waals surface area contributed by atoms with Gasteiger partial charge < -0.3 is 15.0 Å². The van der Waals surface area contributed by atoms with Crippen molar-refractivity contribution in [2.75, 3.05) is 12.3 Å². The zero-order valence-electron chi connectivity index (χ0n) is 9.70. The maximum absolute atomic E-state index is 13.6. The van der Waals surface area contributed by atoms with Crippen molar-refractivity contribution in [3.8, 4) is 0 Å². The van der Waals surface area contributed by atoms with Crippen LogP contribution in [-0.2, 0) is 11.3 Å².